The first kappa shape index (κ1) is 18.1. The fraction of sp³-hybridized carbons (Fsp3) is 0.500. The van der Waals surface area contributed by atoms with Crippen LogP contribution in [-0.2, 0) is 22.9 Å². The van der Waals surface area contributed by atoms with Gasteiger partial charge in [-0.2, -0.15) is 10.2 Å². The van der Waals surface area contributed by atoms with Crippen LogP contribution in [0.15, 0.2) is 30.7 Å². The average molecular weight is 388 g/mol. The standard InChI is InChI=1S/C18H24N6O2S/c1-14-17-10-15(11-19-5-2-7-23-8-3-6-21-23)12-20-18(17)24(22-14)16-4-9-27(25,26)13-16/h3,6,8,10,12,16,19H,2,4-5,7,9,11,13H2,1H3/t16-/m0/s1. The molecule has 0 amide bonds. The summed E-state index contributed by atoms with van der Waals surface area (Å²) in [5.74, 6) is 0.392. The lowest BCUT2D eigenvalue weighted by molar-refractivity contribution is 0.509. The molecule has 0 unspecified atom stereocenters. The number of sulfone groups is 1. The van der Waals surface area contributed by atoms with Gasteiger partial charge in [0.2, 0.25) is 0 Å². The highest BCUT2D eigenvalue weighted by Gasteiger charge is 2.31. The van der Waals surface area contributed by atoms with Gasteiger partial charge in [0.05, 0.1) is 23.2 Å². The Bertz CT molecular complexity index is 1030. The van der Waals surface area contributed by atoms with E-state index < -0.39 is 9.84 Å². The number of aromatic nitrogens is 5. The molecule has 3 aromatic heterocycles. The van der Waals surface area contributed by atoms with E-state index in [9.17, 15) is 8.42 Å². The molecule has 0 radical (unpaired) electrons. The first-order valence-corrected chi connectivity index (χ1v) is 11.1. The number of hydrogen-bond acceptors (Lipinski definition) is 6. The predicted octanol–water partition coefficient (Wildman–Crippen LogP) is 1.48. The molecule has 4 rings (SSSR count). The molecule has 1 fully saturated rings. The van der Waals surface area contributed by atoms with Crippen LogP contribution in [0, 0.1) is 6.92 Å². The molecule has 0 spiro atoms. The third-order valence-corrected chi connectivity index (χ3v) is 6.72. The number of nitrogens with zero attached hydrogens (tertiary/aromatic N) is 5. The second-order valence-corrected chi connectivity index (χ2v) is 9.33. The van der Waals surface area contributed by atoms with Crippen LogP contribution in [0.3, 0.4) is 0 Å². The van der Waals surface area contributed by atoms with Crippen molar-refractivity contribution in [2.75, 3.05) is 18.1 Å². The van der Waals surface area contributed by atoms with E-state index >= 15 is 0 Å². The van der Waals surface area contributed by atoms with Crippen LogP contribution in [0.2, 0.25) is 0 Å². The molecular weight excluding hydrogens is 364 g/mol. The molecule has 1 aliphatic rings. The molecule has 0 aliphatic carbocycles. The molecule has 9 heteroatoms. The maximum Gasteiger partial charge on any atom is 0.158 e. The minimum atomic E-state index is -2.95. The molecule has 27 heavy (non-hydrogen) atoms. The molecule has 4 heterocycles. The maximum absolute atomic E-state index is 11.8. The van der Waals surface area contributed by atoms with Crippen LogP contribution >= 0.6 is 0 Å². The molecule has 0 aromatic carbocycles. The normalized spacial score (nSPS) is 19.1. The van der Waals surface area contributed by atoms with Crippen molar-refractivity contribution < 1.29 is 8.42 Å². The summed E-state index contributed by atoms with van der Waals surface area (Å²) in [7, 11) is -2.95. The van der Waals surface area contributed by atoms with Crippen LogP contribution in [0.1, 0.15) is 30.1 Å². The summed E-state index contributed by atoms with van der Waals surface area (Å²) in [5, 5.41) is 13.2. The minimum Gasteiger partial charge on any atom is -0.313 e. The average Bonchev–Trinajstić information content (AvgIpc) is 3.35. The molecule has 3 aromatic rings. The summed E-state index contributed by atoms with van der Waals surface area (Å²) in [4.78, 5) is 4.59. The van der Waals surface area contributed by atoms with Crippen molar-refractivity contribution in [1.29, 1.82) is 0 Å². The number of rotatable bonds is 7. The van der Waals surface area contributed by atoms with Gasteiger partial charge in [0.15, 0.2) is 15.5 Å². The zero-order valence-corrected chi connectivity index (χ0v) is 16.2. The molecule has 1 atom stereocenters. The Morgan fingerprint density at radius 2 is 2.26 bits per heavy atom. The molecule has 8 nitrogen and oxygen atoms in total. The third-order valence-electron chi connectivity index (χ3n) is 4.97. The Kier molecular flexibility index (Phi) is 4.96. The summed E-state index contributed by atoms with van der Waals surface area (Å²) < 4.78 is 27.3. The lowest BCUT2D eigenvalue weighted by atomic mass is 10.2. The Morgan fingerprint density at radius 3 is 3.00 bits per heavy atom. The zero-order chi connectivity index (χ0) is 18.9. The van der Waals surface area contributed by atoms with Gasteiger partial charge in [0.25, 0.3) is 0 Å². The Hall–Kier alpha value is -2.26. The molecule has 1 N–H and O–H groups in total. The van der Waals surface area contributed by atoms with Gasteiger partial charge in [0, 0.05) is 37.1 Å². The Balaban J connectivity index is 1.40. The van der Waals surface area contributed by atoms with E-state index in [0.717, 1.165) is 48.3 Å². The maximum atomic E-state index is 11.8. The van der Waals surface area contributed by atoms with Crippen molar-refractivity contribution in [2.45, 2.75) is 38.9 Å². The van der Waals surface area contributed by atoms with Crippen LogP contribution in [0.25, 0.3) is 11.0 Å². The summed E-state index contributed by atoms with van der Waals surface area (Å²) in [5.41, 5.74) is 2.77. The van der Waals surface area contributed by atoms with Gasteiger partial charge < -0.3 is 5.32 Å². The van der Waals surface area contributed by atoms with E-state index in [1.165, 1.54) is 0 Å². The zero-order valence-electron chi connectivity index (χ0n) is 15.4. The number of hydrogen-bond donors (Lipinski definition) is 1. The summed E-state index contributed by atoms with van der Waals surface area (Å²) in [6, 6.07) is 3.92. The van der Waals surface area contributed by atoms with Crippen molar-refractivity contribution in [2.24, 2.45) is 0 Å². The second kappa shape index (κ2) is 7.40. The monoisotopic (exact) mass is 388 g/mol. The predicted molar refractivity (Wildman–Crippen MR) is 103 cm³/mol. The third kappa shape index (κ3) is 4.03. The van der Waals surface area contributed by atoms with Crippen molar-refractivity contribution in [3.8, 4) is 0 Å². The van der Waals surface area contributed by atoms with Gasteiger partial charge in [0.1, 0.15) is 0 Å². The number of fused-ring (bicyclic) bond motifs is 1. The van der Waals surface area contributed by atoms with Crippen molar-refractivity contribution in [1.82, 2.24) is 29.9 Å². The van der Waals surface area contributed by atoms with Gasteiger partial charge in [-0.15, -0.1) is 0 Å². The van der Waals surface area contributed by atoms with Crippen LogP contribution in [0.5, 0.6) is 0 Å². The van der Waals surface area contributed by atoms with E-state index in [0.29, 0.717) is 6.42 Å². The van der Waals surface area contributed by atoms with E-state index in [-0.39, 0.29) is 17.5 Å². The van der Waals surface area contributed by atoms with Crippen molar-refractivity contribution in [3.05, 3.63) is 42.0 Å². The van der Waals surface area contributed by atoms with Crippen molar-refractivity contribution in [3.63, 3.8) is 0 Å². The number of aryl methyl sites for hydroxylation is 2. The minimum absolute atomic E-state index is 0.107. The van der Waals surface area contributed by atoms with Crippen molar-refractivity contribution >= 4 is 20.9 Å². The largest absolute Gasteiger partial charge is 0.313 e. The first-order chi connectivity index (χ1) is 13.0. The van der Waals surface area contributed by atoms with E-state index in [2.05, 4.69) is 26.6 Å². The smallest absolute Gasteiger partial charge is 0.158 e. The van der Waals surface area contributed by atoms with Crippen LogP contribution in [-0.4, -0.2) is 51.0 Å². The molecular formula is C18H24N6O2S. The fourth-order valence-electron chi connectivity index (χ4n) is 3.56. The van der Waals surface area contributed by atoms with Gasteiger partial charge in [-0.25, -0.2) is 18.1 Å². The lowest BCUT2D eigenvalue weighted by Crippen LogP contribution is -2.17. The Morgan fingerprint density at radius 1 is 1.37 bits per heavy atom. The van der Waals surface area contributed by atoms with Gasteiger partial charge in [-0.1, -0.05) is 0 Å². The quantitative estimate of drug-likeness (QED) is 0.616. The highest BCUT2D eigenvalue weighted by atomic mass is 32.2. The summed E-state index contributed by atoms with van der Waals surface area (Å²) in [6.45, 7) is 4.49. The molecule has 0 bridgehead atoms. The van der Waals surface area contributed by atoms with E-state index in [1.807, 2.05) is 30.1 Å². The first-order valence-electron chi connectivity index (χ1n) is 9.24. The van der Waals surface area contributed by atoms with Gasteiger partial charge in [-0.05, 0) is 44.0 Å². The second-order valence-electron chi connectivity index (χ2n) is 7.10. The highest BCUT2D eigenvalue weighted by Crippen LogP contribution is 2.28. The van der Waals surface area contributed by atoms with Crippen LogP contribution < -0.4 is 5.32 Å². The highest BCUT2D eigenvalue weighted by molar-refractivity contribution is 7.91. The van der Waals surface area contributed by atoms with E-state index in [1.54, 1.807) is 10.9 Å². The summed E-state index contributed by atoms with van der Waals surface area (Å²) >= 11 is 0. The molecule has 1 aliphatic heterocycles. The Labute approximate surface area is 158 Å². The van der Waals surface area contributed by atoms with Gasteiger partial charge in [-0.3, -0.25) is 4.68 Å². The number of pyridine rings is 1. The molecule has 144 valence electrons. The molecule has 0 saturated carbocycles. The van der Waals surface area contributed by atoms with Crippen LogP contribution in [0.4, 0.5) is 0 Å². The molecule has 1 saturated heterocycles. The fourth-order valence-corrected chi connectivity index (χ4v) is 5.26. The summed E-state index contributed by atoms with van der Waals surface area (Å²) in [6.07, 6.45) is 7.22. The lowest BCUT2D eigenvalue weighted by Gasteiger charge is -2.09. The number of nitrogens with one attached hydrogen (secondary N) is 1. The SMILES string of the molecule is Cc1nn([C@H]2CCS(=O)(=O)C2)c2ncc(CNCCCn3cccn3)cc12. The topological polar surface area (TPSA) is 94.7 Å². The van der Waals surface area contributed by atoms with Gasteiger partial charge >= 0.3 is 0 Å². The van der Waals surface area contributed by atoms with E-state index in [4.69, 9.17) is 0 Å².